The van der Waals surface area contributed by atoms with Crippen molar-refractivity contribution in [3.05, 3.63) is 29.8 Å². The molecule has 0 N–H and O–H groups in total. The lowest BCUT2D eigenvalue weighted by atomic mass is 10.1. The van der Waals surface area contributed by atoms with Gasteiger partial charge in [-0.3, -0.25) is 4.79 Å². The largest absolute Gasteiger partial charge is 0.481 e. The summed E-state index contributed by atoms with van der Waals surface area (Å²) < 4.78 is 11.5. The SMILES string of the molecule is C[C@H](Oc1cccc(C#N)c1)C(=O)N1CCO[C@@H]2CCC[C@H]21. The first-order valence-corrected chi connectivity index (χ1v) is 7.78. The molecule has 3 atom stereocenters. The fourth-order valence-corrected chi connectivity index (χ4v) is 3.33. The van der Waals surface area contributed by atoms with Crippen molar-refractivity contribution in [3.63, 3.8) is 0 Å². The van der Waals surface area contributed by atoms with Gasteiger partial charge in [0.05, 0.1) is 30.4 Å². The molecule has 0 unspecified atom stereocenters. The summed E-state index contributed by atoms with van der Waals surface area (Å²) in [4.78, 5) is 14.6. The predicted octanol–water partition coefficient (Wildman–Crippen LogP) is 2.11. The number of amides is 1. The Kier molecular flexibility index (Phi) is 4.30. The molecular formula is C17H20N2O3. The van der Waals surface area contributed by atoms with Crippen molar-refractivity contribution in [2.75, 3.05) is 13.2 Å². The van der Waals surface area contributed by atoms with Crippen LogP contribution in [-0.4, -0.2) is 42.2 Å². The minimum Gasteiger partial charge on any atom is -0.481 e. The minimum absolute atomic E-state index is 0.00237. The molecular weight excluding hydrogens is 280 g/mol. The maximum Gasteiger partial charge on any atom is 0.263 e. The highest BCUT2D eigenvalue weighted by Gasteiger charge is 2.39. The highest BCUT2D eigenvalue weighted by atomic mass is 16.5. The monoisotopic (exact) mass is 300 g/mol. The average molecular weight is 300 g/mol. The topological polar surface area (TPSA) is 62.6 Å². The van der Waals surface area contributed by atoms with E-state index < -0.39 is 6.10 Å². The molecule has 116 valence electrons. The molecule has 0 aromatic heterocycles. The number of nitrogens with zero attached hydrogens (tertiary/aromatic N) is 2. The van der Waals surface area contributed by atoms with Crippen LogP contribution in [0.2, 0.25) is 0 Å². The van der Waals surface area contributed by atoms with Crippen LogP contribution >= 0.6 is 0 Å². The van der Waals surface area contributed by atoms with Crippen LogP contribution in [0.3, 0.4) is 0 Å². The second-order valence-electron chi connectivity index (χ2n) is 5.84. The van der Waals surface area contributed by atoms with Gasteiger partial charge in [-0.1, -0.05) is 6.07 Å². The third-order valence-corrected chi connectivity index (χ3v) is 4.39. The van der Waals surface area contributed by atoms with Gasteiger partial charge >= 0.3 is 0 Å². The summed E-state index contributed by atoms with van der Waals surface area (Å²) >= 11 is 0. The normalized spacial score (nSPS) is 25.2. The minimum atomic E-state index is -0.562. The Morgan fingerprint density at radius 2 is 2.36 bits per heavy atom. The number of fused-ring (bicyclic) bond motifs is 1. The highest BCUT2D eigenvalue weighted by Crippen LogP contribution is 2.30. The van der Waals surface area contributed by atoms with E-state index in [1.54, 1.807) is 31.2 Å². The lowest BCUT2D eigenvalue weighted by molar-refractivity contribution is -0.150. The molecule has 3 rings (SSSR count). The summed E-state index contributed by atoms with van der Waals surface area (Å²) in [5, 5.41) is 8.92. The van der Waals surface area contributed by atoms with E-state index in [-0.39, 0.29) is 18.1 Å². The van der Waals surface area contributed by atoms with Gasteiger partial charge in [0.25, 0.3) is 5.91 Å². The third-order valence-electron chi connectivity index (χ3n) is 4.39. The Balaban J connectivity index is 1.67. The number of hydrogen-bond donors (Lipinski definition) is 0. The predicted molar refractivity (Wildman–Crippen MR) is 80.3 cm³/mol. The van der Waals surface area contributed by atoms with Crippen molar-refractivity contribution < 1.29 is 14.3 Å². The van der Waals surface area contributed by atoms with Gasteiger partial charge in [-0.2, -0.15) is 5.26 Å². The van der Waals surface area contributed by atoms with Gasteiger partial charge in [-0.15, -0.1) is 0 Å². The lowest BCUT2D eigenvalue weighted by Gasteiger charge is -2.38. The molecule has 1 saturated carbocycles. The molecule has 1 heterocycles. The lowest BCUT2D eigenvalue weighted by Crippen LogP contribution is -2.54. The third kappa shape index (κ3) is 2.93. The molecule has 1 aliphatic heterocycles. The molecule has 0 radical (unpaired) electrons. The summed E-state index contributed by atoms with van der Waals surface area (Å²) in [6.07, 6.45) is 2.78. The number of rotatable bonds is 3. The maximum atomic E-state index is 12.7. The standard InChI is InChI=1S/C17H20N2O3/c1-12(22-14-5-2-4-13(10-14)11-18)17(20)19-8-9-21-16-7-3-6-15(16)19/h2,4-5,10,12,15-16H,3,6-9H2,1H3/t12-,15+,16+/m0/s1. The van der Waals surface area contributed by atoms with E-state index in [2.05, 4.69) is 6.07 Å². The van der Waals surface area contributed by atoms with Crippen molar-refractivity contribution in [2.24, 2.45) is 0 Å². The van der Waals surface area contributed by atoms with Gasteiger partial charge in [-0.25, -0.2) is 0 Å². The van der Waals surface area contributed by atoms with Crippen LogP contribution in [0.4, 0.5) is 0 Å². The fourth-order valence-electron chi connectivity index (χ4n) is 3.33. The van der Waals surface area contributed by atoms with Crippen LogP contribution in [-0.2, 0) is 9.53 Å². The van der Waals surface area contributed by atoms with E-state index in [9.17, 15) is 4.79 Å². The Morgan fingerprint density at radius 3 is 3.18 bits per heavy atom. The van der Waals surface area contributed by atoms with E-state index in [1.165, 1.54) is 0 Å². The Hall–Kier alpha value is -2.06. The summed E-state index contributed by atoms with van der Waals surface area (Å²) in [6, 6.07) is 9.15. The van der Waals surface area contributed by atoms with Crippen LogP contribution in [0.5, 0.6) is 5.75 Å². The van der Waals surface area contributed by atoms with Crippen LogP contribution in [0.15, 0.2) is 24.3 Å². The van der Waals surface area contributed by atoms with Gasteiger partial charge in [0.15, 0.2) is 6.10 Å². The second-order valence-corrected chi connectivity index (χ2v) is 5.84. The first kappa shape index (κ1) is 14.9. The zero-order valence-electron chi connectivity index (χ0n) is 12.7. The molecule has 1 saturated heterocycles. The molecule has 1 aromatic carbocycles. The quantitative estimate of drug-likeness (QED) is 0.857. The van der Waals surface area contributed by atoms with Gasteiger partial charge in [0.2, 0.25) is 0 Å². The number of benzene rings is 1. The second kappa shape index (κ2) is 6.37. The Labute approximate surface area is 130 Å². The molecule has 1 aliphatic carbocycles. The molecule has 2 aliphatic rings. The Morgan fingerprint density at radius 1 is 1.50 bits per heavy atom. The van der Waals surface area contributed by atoms with Crippen molar-refractivity contribution >= 4 is 5.91 Å². The molecule has 1 amide bonds. The van der Waals surface area contributed by atoms with E-state index in [0.29, 0.717) is 24.5 Å². The zero-order valence-corrected chi connectivity index (χ0v) is 12.7. The van der Waals surface area contributed by atoms with Crippen molar-refractivity contribution in [1.29, 1.82) is 5.26 Å². The van der Waals surface area contributed by atoms with E-state index in [4.69, 9.17) is 14.7 Å². The number of carbonyl (C=O) groups is 1. The molecule has 22 heavy (non-hydrogen) atoms. The van der Waals surface area contributed by atoms with E-state index >= 15 is 0 Å². The first-order chi connectivity index (χ1) is 10.7. The smallest absolute Gasteiger partial charge is 0.263 e. The maximum absolute atomic E-state index is 12.7. The van der Waals surface area contributed by atoms with Gasteiger partial charge in [-0.05, 0) is 44.4 Å². The van der Waals surface area contributed by atoms with Crippen molar-refractivity contribution in [2.45, 2.75) is 44.4 Å². The highest BCUT2D eigenvalue weighted by molar-refractivity contribution is 5.81. The summed E-state index contributed by atoms with van der Waals surface area (Å²) in [5.74, 6) is 0.554. The van der Waals surface area contributed by atoms with Crippen molar-refractivity contribution in [1.82, 2.24) is 4.90 Å². The summed E-state index contributed by atoms with van der Waals surface area (Å²) in [5.41, 5.74) is 0.527. The molecule has 5 nitrogen and oxygen atoms in total. The van der Waals surface area contributed by atoms with Crippen LogP contribution in [0, 0.1) is 11.3 Å². The fraction of sp³-hybridized carbons (Fsp3) is 0.529. The molecule has 5 heteroatoms. The molecule has 0 spiro atoms. The average Bonchev–Trinajstić information content (AvgIpc) is 3.02. The van der Waals surface area contributed by atoms with Crippen LogP contribution in [0.25, 0.3) is 0 Å². The van der Waals surface area contributed by atoms with Crippen LogP contribution in [0.1, 0.15) is 31.7 Å². The van der Waals surface area contributed by atoms with Crippen molar-refractivity contribution in [3.8, 4) is 11.8 Å². The summed E-state index contributed by atoms with van der Waals surface area (Å²) in [7, 11) is 0. The van der Waals surface area contributed by atoms with E-state index in [1.807, 2.05) is 4.90 Å². The molecule has 1 aromatic rings. The van der Waals surface area contributed by atoms with Crippen LogP contribution < -0.4 is 4.74 Å². The number of ether oxygens (including phenoxy) is 2. The zero-order chi connectivity index (χ0) is 15.5. The number of carbonyl (C=O) groups excluding carboxylic acids is 1. The van der Waals surface area contributed by atoms with Gasteiger partial charge in [0.1, 0.15) is 5.75 Å². The van der Waals surface area contributed by atoms with E-state index in [0.717, 1.165) is 19.3 Å². The number of morpholine rings is 1. The molecule has 2 fully saturated rings. The number of nitriles is 1. The molecule has 0 bridgehead atoms. The Bertz CT molecular complexity index is 596. The first-order valence-electron chi connectivity index (χ1n) is 7.78. The number of hydrogen-bond acceptors (Lipinski definition) is 4. The van der Waals surface area contributed by atoms with Gasteiger partial charge < -0.3 is 14.4 Å². The summed E-state index contributed by atoms with van der Waals surface area (Å²) in [6.45, 7) is 3.00. The van der Waals surface area contributed by atoms with Gasteiger partial charge in [0, 0.05) is 6.54 Å².